The van der Waals surface area contributed by atoms with Crippen LogP contribution in [-0.2, 0) is 19.1 Å². The minimum atomic E-state index is -0.406. The summed E-state index contributed by atoms with van der Waals surface area (Å²) < 4.78 is 10.5. The molecule has 0 saturated carbocycles. The highest BCUT2D eigenvalue weighted by atomic mass is 16.6. The number of rotatable bonds is 16. The molecule has 3 atom stereocenters. The monoisotopic (exact) mass is 382 g/mol. The highest BCUT2D eigenvalue weighted by Crippen LogP contribution is 2.29. The van der Waals surface area contributed by atoms with Gasteiger partial charge in [-0.2, -0.15) is 0 Å². The first kappa shape index (κ1) is 24.0. The number of carbonyl (C=O) groups is 2. The van der Waals surface area contributed by atoms with Gasteiger partial charge in [0.1, 0.15) is 6.10 Å². The molecule has 0 radical (unpaired) electrons. The topological polar surface area (TPSA) is 52.6 Å². The summed E-state index contributed by atoms with van der Waals surface area (Å²) in [6.07, 6.45) is 18.5. The van der Waals surface area contributed by atoms with Crippen molar-refractivity contribution in [3.05, 3.63) is 0 Å². The molecular formula is C23H42O4. The van der Waals surface area contributed by atoms with Crippen LogP contribution in [-0.4, -0.2) is 24.1 Å². The first-order valence-corrected chi connectivity index (χ1v) is 11.4. The Kier molecular flexibility index (Phi) is 13.3. The van der Waals surface area contributed by atoms with Crippen LogP contribution in [0.2, 0.25) is 0 Å². The van der Waals surface area contributed by atoms with E-state index in [0.717, 1.165) is 19.3 Å². The van der Waals surface area contributed by atoms with Gasteiger partial charge in [-0.15, -0.1) is 0 Å². The molecule has 0 aromatic carbocycles. The van der Waals surface area contributed by atoms with Crippen molar-refractivity contribution in [2.45, 2.75) is 129 Å². The average Bonchev–Trinajstić information content (AvgIpc) is 2.88. The third-order valence-electron chi connectivity index (χ3n) is 5.63. The van der Waals surface area contributed by atoms with Gasteiger partial charge in [0.2, 0.25) is 0 Å². The van der Waals surface area contributed by atoms with Gasteiger partial charge < -0.3 is 9.47 Å². The molecular weight excluding hydrogens is 340 g/mol. The van der Waals surface area contributed by atoms with E-state index in [9.17, 15) is 9.59 Å². The summed E-state index contributed by atoms with van der Waals surface area (Å²) >= 11 is 0. The van der Waals surface area contributed by atoms with Crippen LogP contribution in [0.15, 0.2) is 0 Å². The number of cyclic esters (lactones) is 1. The largest absolute Gasteiger partial charge is 0.458 e. The molecule has 1 heterocycles. The number of unbranched alkanes of at least 4 members (excludes halogenated alkanes) is 13. The van der Waals surface area contributed by atoms with Gasteiger partial charge >= 0.3 is 11.9 Å². The maximum Gasteiger partial charge on any atom is 0.313 e. The van der Waals surface area contributed by atoms with E-state index in [4.69, 9.17) is 9.47 Å². The predicted molar refractivity (Wildman–Crippen MR) is 110 cm³/mol. The molecule has 4 heteroatoms. The zero-order valence-corrected chi connectivity index (χ0v) is 18.0. The van der Waals surface area contributed by atoms with Gasteiger partial charge in [0.25, 0.3) is 0 Å². The first-order valence-electron chi connectivity index (χ1n) is 11.4. The van der Waals surface area contributed by atoms with Gasteiger partial charge in [0.05, 0.1) is 5.92 Å². The number of hydrogen-bond donors (Lipinski definition) is 0. The third kappa shape index (κ3) is 10.8. The van der Waals surface area contributed by atoms with Crippen LogP contribution in [0.5, 0.6) is 0 Å². The molecule has 0 N–H and O–H groups in total. The van der Waals surface area contributed by atoms with Gasteiger partial charge in [0.15, 0.2) is 6.10 Å². The van der Waals surface area contributed by atoms with Crippen molar-refractivity contribution in [2.24, 2.45) is 5.92 Å². The van der Waals surface area contributed by atoms with Crippen LogP contribution in [0.3, 0.4) is 0 Å². The molecule has 1 fully saturated rings. The van der Waals surface area contributed by atoms with Gasteiger partial charge in [-0.1, -0.05) is 96.8 Å². The van der Waals surface area contributed by atoms with Crippen molar-refractivity contribution >= 4 is 11.9 Å². The molecule has 158 valence electrons. The molecule has 0 aliphatic carbocycles. The lowest BCUT2D eigenvalue weighted by molar-refractivity contribution is -0.150. The minimum Gasteiger partial charge on any atom is -0.458 e. The van der Waals surface area contributed by atoms with E-state index in [1.54, 1.807) is 6.92 Å². The average molecular weight is 383 g/mol. The van der Waals surface area contributed by atoms with E-state index in [1.165, 1.54) is 84.0 Å². The zero-order valence-electron chi connectivity index (χ0n) is 18.0. The smallest absolute Gasteiger partial charge is 0.313 e. The predicted octanol–water partition coefficient (Wildman–Crippen LogP) is 6.35. The Morgan fingerprint density at radius 1 is 0.852 bits per heavy atom. The molecule has 0 spiro atoms. The van der Waals surface area contributed by atoms with Crippen molar-refractivity contribution in [3.63, 3.8) is 0 Å². The van der Waals surface area contributed by atoms with Crippen LogP contribution >= 0.6 is 0 Å². The van der Waals surface area contributed by atoms with Crippen molar-refractivity contribution in [2.75, 3.05) is 0 Å². The summed E-state index contributed by atoms with van der Waals surface area (Å²) in [6, 6.07) is 0. The lowest BCUT2D eigenvalue weighted by Gasteiger charge is -2.18. The summed E-state index contributed by atoms with van der Waals surface area (Å²) in [7, 11) is 0. The van der Waals surface area contributed by atoms with Crippen LogP contribution in [0, 0.1) is 5.92 Å². The fourth-order valence-electron chi connectivity index (χ4n) is 4.01. The van der Waals surface area contributed by atoms with E-state index in [1.807, 2.05) is 0 Å². The van der Waals surface area contributed by atoms with Gasteiger partial charge in [-0.05, 0) is 13.3 Å². The maximum atomic E-state index is 11.9. The summed E-state index contributed by atoms with van der Waals surface area (Å²) in [4.78, 5) is 23.1. The molecule has 0 bridgehead atoms. The third-order valence-corrected chi connectivity index (χ3v) is 5.63. The lowest BCUT2D eigenvalue weighted by Crippen LogP contribution is -2.30. The van der Waals surface area contributed by atoms with Gasteiger partial charge in [0, 0.05) is 6.92 Å². The highest BCUT2D eigenvalue weighted by molar-refractivity contribution is 5.76. The molecule has 0 amide bonds. The Balaban J connectivity index is 1.95. The van der Waals surface area contributed by atoms with Crippen LogP contribution < -0.4 is 0 Å². The van der Waals surface area contributed by atoms with Gasteiger partial charge in [-0.3, -0.25) is 9.59 Å². The molecule has 0 aromatic heterocycles. The Labute approximate surface area is 166 Å². The summed E-state index contributed by atoms with van der Waals surface area (Å²) in [5, 5.41) is 0. The SMILES string of the molecule is CCCCCCCCCCCCCCCC[C@@H]1C(=O)O[C@@H](C)[C@@H]1OC(C)=O. The van der Waals surface area contributed by atoms with E-state index in [2.05, 4.69) is 6.92 Å². The van der Waals surface area contributed by atoms with Crippen molar-refractivity contribution in [3.8, 4) is 0 Å². The minimum absolute atomic E-state index is 0.205. The number of ether oxygens (including phenoxy) is 2. The summed E-state index contributed by atoms with van der Waals surface area (Å²) in [5.41, 5.74) is 0. The van der Waals surface area contributed by atoms with Crippen LogP contribution in [0.1, 0.15) is 117 Å². The van der Waals surface area contributed by atoms with E-state index < -0.39 is 6.10 Å². The van der Waals surface area contributed by atoms with Gasteiger partial charge in [-0.25, -0.2) is 0 Å². The van der Waals surface area contributed by atoms with E-state index >= 15 is 0 Å². The second kappa shape index (κ2) is 14.9. The van der Waals surface area contributed by atoms with Crippen molar-refractivity contribution < 1.29 is 19.1 Å². The molecule has 0 unspecified atom stereocenters. The molecule has 0 aromatic rings. The number of carbonyl (C=O) groups excluding carboxylic acids is 2. The molecule has 1 rings (SSSR count). The van der Waals surface area contributed by atoms with E-state index in [0.29, 0.717) is 0 Å². The number of hydrogen-bond acceptors (Lipinski definition) is 4. The van der Waals surface area contributed by atoms with Crippen LogP contribution in [0.4, 0.5) is 0 Å². The van der Waals surface area contributed by atoms with E-state index in [-0.39, 0.29) is 24.0 Å². The summed E-state index contributed by atoms with van der Waals surface area (Å²) in [6.45, 7) is 5.46. The quantitative estimate of drug-likeness (QED) is 0.230. The fourth-order valence-corrected chi connectivity index (χ4v) is 4.01. The van der Waals surface area contributed by atoms with Crippen LogP contribution in [0.25, 0.3) is 0 Å². The Morgan fingerprint density at radius 2 is 1.30 bits per heavy atom. The lowest BCUT2D eigenvalue weighted by atomic mass is 9.94. The van der Waals surface area contributed by atoms with Crippen molar-refractivity contribution in [1.29, 1.82) is 0 Å². The standard InChI is InChI=1S/C23H42O4/c1-4-5-6-7-8-9-10-11-12-13-14-15-16-17-18-21-22(27-20(3)24)19(2)26-23(21)25/h19,21-22H,4-18H2,1-3H3/t19-,21-,22-/m0/s1. The molecule has 1 saturated heterocycles. The fraction of sp³-hybridized carbons (Fsp3) is 0.913. The Morgan fingerprint density at radius 3 is 1.74 bits per heavy atom. The molecule has 1 aliphatic heterocycles. The zero-order chi connectivity index (χ0) is 19.9. The molecule has 1 aliphatic rings. The Bertz CT molecular complexity index is 407. The molecule has 4 nitrogen and oxygen atoms in total. The normalized spacial score (nSPS) is 22.0. The second-order valence-electron chi connectivity index (χ2n) is 8.21. The maximum absolute atomic E-state index is 11.9. The molecule has 27 heavy (non-hydrogen) atoms. The number of esters is 2. The Hall–Kier alpha value is -1.06. The second-order valence-corrected chi connectivity index (χ2v) is 8.21. The summed E-state index contributed by atoms with van der Waals surface area (Å²) in [5.74, 6) is -0.819. The van der Waals surface area contributed by atoms with Crippen molar-refractivity contribution in [1.82, 2.24) is 0 Å². The first-order chi connectivity index (χ1) is 13.1. The highest BCUT2D eigenvalue weighted by Gasteiger charge is 2.44.